The molecule has 1 amide bonds. The molecule has 0 aliphatic carbocycles. The summed E-state index contributed by atoms with van der Waals surface area (Å²) < 4.78 is 0. The average molecular weight is 1020 g/mol. The van der Waals surface area contributed by atoms with Crippen LogP contribution in [0.3, 0.4) is 0 Å². The molecule has 73 heavy (non-hydrogen) atoms. The van der Waals surface area contributed by atoms with Crippen molar-refractivity contribution in [1.82, 2.24) is 5.32 Å². The smallest absolute Gasteiger partial charge is 0.220 e. The number of rotatable bonds is 61. The molecule has 0 spiro atoms. The average Bonchev–Trinajstić information content (AvgIpc) is 3.40. The quantitative estimate of drug-likeness (QED) is 0.0420. The summed E-state index contributed by atoms with van der Waals surface area (Å²) >= 11 is 0. The molecule has 0 radical (unpaired) electrons. The Labute approximate surface area is 457 Å². The van der Waals surface area contributed by atoms with Crippen LogP contribution in [0.25, 0.3) is 0 Å². The number of aliphatic hydroxyl groups excluding tert-OH is 2. The molecule has 0 aromatic carbocycles. The Morgan fingerprint density at radius 3 is 0.904 bits per heavy atom. The van der Waals surface area contributed by atoms with Crippen LogP contribution in [-0.2, 0) is 4.79 Å². The fourth-order valence-electron chi connectivity index (χ4n) is 10.3. The maximum atomic E-state index is 12.5. The minimum atomic E-state index is -0.839. The van der Waals surface area contributed by atoms with E-state index >= 15 is 0 Å². The van der Waals surface area contributed by atoms with Gasteiger partial charge < -0.3 is 15.5 Å². The standard InChI is InChI=1S/C69H129NO3/c1-3-5-7-9-11-13-15-17-19-21-23-25-26-27-28-29-30-31-32-33-34-35-36-37-38-39-40-41-42-43-44-45-47-49-51-53-55-57-59-61-63-65-69(73)70-67(66-71)68(72)64-62-60-58-56-54-52-50-48-46-24-22-20-18-16-14-12-10-8-6-4-2/h5,7,11,13,17,19,23,25,62,64,67-68,71-72H,3-4,6,8-10,12,14-16,18,20-22,24,26-61,63,65-66H2,1-2H3,(H,70,73)/b7-5-,13-11-,19-17-,25-23-,64-62+. The fourth-order valence-corrected chi connectivity index (χ4v) is 10.3. The lowest BCUT2D eigenvalue weighted by molar-refractivity contribution is -0.123. The Morgan fingerprint density at radius 1 is 0.342 bits per heavy atom. The Hall–Kier alpha value is -1.91. The van der Waals surface area contributed by atoms with Crippen molar-refractivity contribution in [3.8, 4) is 0 Å². The van der Waals surface area contributed by atoms with Crippen LogP contribution in [0, 0.1) is 0 Å². The number of allylic oxidation sites excluding steroid dienone is 9. The molecular weight excluding hydrogens is 891 g/mol. The van der Waals surface area contributed by atoms with E-state index in [1.54, 1.807) is 6.08 Å². The first-order valence-corrected chi connectivity index (χ1v) is 33.0. The SMILES string of the molecule is CC/C=C\C/C=C\C/C=C\C/C=C\CCCCCCCCCCCCCCCCCCCCCCCCCCCCCCC(=O)NC(CO)C(O)/C=C/CCCCCCCCCCCCCCCCCCCC. The molecule has 0 aromatic rings. The molecule has 3 N–H and O–H groups in total. The summed E-state index contributed by atoms with van der Waals surface area (Å²) in [6.45, 7) is 4.23. The molecule has 0 aromatic heterocycles. The molecule has 2 unspecified atom stereocenters. The summed E-state index contributed by atoms with van der Waals surface area (Å²) in [4.78, 5) is 12.5. The van der Waals surface area contributed by atoms with Crippen LogP contribution in [0.5, 0.6) is 0 Å². The van der Waals surface area contributed by atoms with Crippen LogP contribution in [0.15, 0.2) is 60.8 Å². The van der Waals surface area contributed by atoms with E-state index < -0.39 is 12.1 Å². The van der Waals surface area contributed by atoms with Crippen molar-refractivity contribution < 1.29 is 15.0 Å². The Balaban J connectivity index is 3.39. The van der Waals surface area contributed by atoms with Crippen LogP contribution in [-0.4, -0.2) is 34.9 Å². The monoisotopic (exact) mass is 1020 g/mol. The van der Waals surface area contributed by atoms with Gasteiger partial charge in [0.1, 0.15) is 0 Å². The van der Waals surface area contributed by atoms with E-state index in [2.05, 4.69) is 67.8 Å². The highest BCUT2D eigenvalue weighted by atomic mass is 16.3. The van der Waals surface area contributed by atoms with Crippen LogP contribution in [0.1, 0.15) is 354 Å². The predicted molar refractivity (Wildman–Crippen MR) is 327 cm³/mol. The van der Waals surface area contributed by atoms with E-state index in [9.17, 15) is 15.0 Å². The van der Waals surface area contributed by atoms with E-state index in [0.29, 0.717) is 6.42 Å². The van der Waals surface area contributed by atoms with E-state index in [-0.39, 0.29) is 12.5 Å². The van der Waals surface area contributed by atoms with Crippen molar-refractivity contribution in [2.24, 2.45) is 0 Å². The first kappa shape index (κ1) is 71.1. The van der Waals surface area contributed by atoms with Crippen LogP contribution in [0.4, 0.5) is 0 Å². The highest BCUT2D eigenvalue weighted by Crippen LogP contribution is 2.18. The van der Waals surface area contributed by atoms with Crippen molar-refractivity contribution in [3.63, 3.8) is 0 Å². The van der Waals surface area contributed by atoms with Crippen LogP contribution >= 0.6 is 0 Å². The molecule has 0 aliphatic rings. The molecule has 0 fully saturated rings. The van der Waals surface area contributed by atoms with E-state index in [1.165, 1.54) is 283 Å². The number of aliphatic hydroxyl groups is 2. The fraction of sp³-hybridized carbons (Fsp3) is 0.841. The third-order valence-electron chi connectivity index (χ3n) is 15.3. The van der Waals surface area contributed by atoms with Gasteiger partial charge in [0.15, 0.2) is 0 Å². The Morgan fingerprint density at radius 2 is 0.603 bits per heavy atom. The van der Waals surface area contributed by atoms with Crippen molar-refractivity contribution in [2.75, 3.05) is 6.61 Å². The lowest BCUT2D eigenvalue weighted by atomic mass is 10.0. The van der Waals surface area contributed by atoms with Gasteiger partial charge in [-0.1, -0.05) is 351 Å². The largest absolute Gasteiger partial charge is 0.394 e. The Kier molecular flexibility index (Phi) is 62.7. The zero-order valence-electron chi connectivity index (χ0n) is 49.4. The van der Waals surface area contributed by atoms with Gasteiger partial charge in [0.25, 0.3) is 0 Å². The number of unbranched alkanes of at least 4 members (excludes halogenated alkanes) is 46. The third-order valence-corrected chi connectivity index (χ3v) is 15.3. The van der Waals surface area contributed by atoms with Gasteiger partial charge in [0, 0.05) is 6.42 Å². The van der Waals surface area contributed by atoms with Crippen molar-refractivity contribution in [3.05, 3.63) is 60.8 Å². The second-order valence-electron chi connectivity index (χ2n) is 22.5. The van der Waals surface area contributed by atoms with Crippen molar-refractivity contribution >= 4 is 5.91 Å². The van der Waals surface area contributed by atoms with E-state index in [4.69, 9.17) is 0 Å². The maximum Gasteiger partial charge on any atom is 0.220 e. The molecule has 2 atom stereocenters. The first-order chi connectivity index (χ1) is 36.2. The lowest BCUT2D eigenvalue weighted by Gasteiger charge is -2.20. The molecule has 428 valence electrons. The van der Waals surface area contributed by atoms with Gasteiger partial charge in [-0.25, -0.2) is 0 Å². The zero-order valence-corrected chi connectivity index (χ0v) is 49.4. The number of carbonyl (C=O) groups is 1. The molecule has 0 bridgehead atoms. The summed E-state index contributed by atoms with van der Waals surface area (Å²) in [5.41, 5.74) is 0. The molecule has 0 rings (SSSR count). The van der Waals surface area contributed by atoms with Gasteiger partial charge >= 0.3 is 0 Å². The molecule has 0 heterocycles. The van der Waals surface area contributed by atoms with Crippen molar-refractivity contribution in [2.45, 2.75) is 366 Å². The highest BCUT2D eigenvalue weighted by Gasteiger charge is 2.18. The van der Waals surface area contributed by atoms with Gasteiger partial charge in [-0.2, -0.15) is 0 Å². The zero-order chi connectivity index (χ0) is 52.7. The summed E-state index contributed by atoms with van der Waals surface area (Å²) in [6.07, 6.45) is 91.5. The summed E-state index contributed by atoms with van der Waals surface area (Å²) in [6, 6.07) is -0.622. The number of amides is 1. The van der Waals surface area contributed by atoms with Crippen LogP contribution < -0.4 is 5.32 Å². The first-order valence-electron chi connectivity index (χ1n) is 33.0. The van der Waals surface area contributed by atoms with Gasteiger partial charge in [-0.3, -0.25) is 4.79 Å². The summed E-state index contributed by atoms with van der Waals surface area (Å²) in [7, 11) is 0. The summed E-state index contributed by atoms with van der Waals surface area (Å²) in [5.74, 6) is -0.0569. The van der Waals surface area contributed by atoms with Gasteiger partial charge in [-0.15, -0.1) is 0 Å². The minimum absolute atomic E-state index is 0.0569. The Bertz CT molecular complexity index is 1200. The lowest BCUT2D eigenvalue weighted by Crippen LogP contribution is -2.45. The van der Waals surface area contributed by atoms with Crippen LogP contribution in [0.2, 0.25) is 0 Å². The maximum absolute atomic E-state index is 12.5. The number of hydrogen-bond acceptors (Lipinski definition) is 3. The van der Waals surface area contributed by atoms with Crippen molar-refractivity contribution in [1.29, 1.82) is 0 Å². The second-order valence-corrected chi connectivity index (χ2v) is 22.5. The number of nitrogens with one attached hydrogen (secondary N) is 1. The second kappa shape index (κ2) is 64.4. The minimum Gasteiger partial charge on any atom is -0.394 e. The molecule has 0 saturated carbocycles. The summed E-state index contributed by atoms with van der Waals surface area (Å²) in [5, 5.41) is 23.2. The molecule has 0 aliphatic heterocycles. The van der Waals surface area contributed by atoms with Gasteiger partial charge in [-0.05, 0) is 57.8 Å². The topological polar surface area (TPSA) is 69.6 Å². The molecule has 4 heteroatoms. The number of hydrogen-bond donors (Lipinski definition) is 3. The highest BCUT2D eigenvalue weighted by molar-refractivity contribution is 5.76. The normalized spacial score (nSPS) is 13.1. The molecule has 4 nitrogen and oxygen atoms in total. The van der Waals surface area contributed by atoms with E-state index in [1.807, 2.05) is 6.08 Å². The number of carbonyl (C=O) groups excluding carboxylic acids is 1. The molecule has 0 saturated heterocycles. The van der Waals surface area contributed by atoms with E-state index in [0.717, 1.165) is 51.4 Å². The third kappa shape index (κ3) is 60.8. The predicted octanol–water partition coefficient (Wildman–Crippen LogP) is 22.3. The molecular formula is C69H129NO3. The van der Waals surface area contributed by atoms with Gasteiger partial charge in [0.2, 0.25) is 5.91 Å². The van der Waals surface area contributed by atoms with Gasteiger partial charge in [0.05, 0.1) is 18.8 Å².